The topological polar surface area (TPSA) is 55.9 Å². The Balaban J connectivity index is 1.90. The van der Waals surface area contributed by atoms with Gasteiger partial charge in [-0.3, -0.25) is 0 Å². The summed E-state index contributed by atoms with van der Waals surface area (Å²) in [6, 6.07) is 0. The first kappa shape index (κ1) is 16.2. The molecule has 0 bridgehead atoms. The fourth-order valence-corrected chi connectivity index (χ4v) is 4.43. The lowest BCUT2D eigenvalue weighted by atomic mass is 9.97. The highest BCUT2D eigenvalue weighted by Crippen LogP contribution is 2.19. The van der Waals surface area contributed by atoms with Gasteiger partial charge in [0.25, 0.3) is 10.2 Å². The molecule has 0 amide bonds. The Morgan fingerprint density at radius 2 is 1.85 bits per heavy atom. The SMILES string of the molecule is CN1CCC(CN(C)S(=O)(=O)N2CCCNCC2)CC1. The van der Waals surface area contributed by atoms with Crippen molar-refractivity contribution in [1.82, 2.24) is 18.8 Å². The van der Waals surface area contributed by atoms with Gasteiger partial charge in [-0.1, -0.05) is 0 Å². The van der Waals surface area contributed by atoms with Crippen molar-refractivity contribution in [2.75, 3.05) is 59.9 Å². The molecule has 118 valence electrons. The molecule has 2 aliphatic heterocycles. The Labute approximate surface area is 123 Å². The van der Waals surface area contributed by atoms with Gasteiger partial charge in [0.1, 0.15) is 0 Å². The number of rotatable bonds is 4. The van der Waals surface area contributed by atoms with Gasteiger partial charge in [-0.25, -0.2) is 0 Å². The van der Waals surface area contributed by atoms with Crippen LogP contribution < -0.4 is 5.32 Å². The van der Waals surface area contributed by atoms with Crippen molar-refractivity contribution in [2.24, 2.45) is 5.92 Å². The third-order valence-electron chi connectivity index (χ3n) is 4.37. The molecule has 0 unspecified atom stereocenters. The van der Waals surface area contributed by atoms with Crippen LogP contribution in [-0.2, 0) is 10.2 Å². The molecule has 0 spiro atoms. The lowest BCUT2D eigenvalue weighted by Gasteiger charge is -2.33. The molecular weight excluding hydrogens is 276 g/mol. The molecule has 0 atom stereocenters. The number of hydrogen-bond donors (Lipinski definition) is 1. The average Bonchev–Trinajstić information content (AvgIpc) is 2.70. The zero-order valence-corrected chi connectivity index (χ0v) is 13.5. The first-order valence-corrected chi connectivity index (χ1v) is 9.00. The predicted octanol–water partition coefficient (Wildman–Crippen LogP) is -0.200. The lowest BCUT2D eigenvalue weighted by molar-refractivity contribution is 0.199. The molecule has 1 N–H and O–H groups in total. The first-order chi connectivity index (χ1) is 9.50. The minimum absolute atomic E-state index is 0.496. The van der Waals surface area contributed by atoms with E-state index >= 15 is 0 Å². The largest absolute Gasteiger partial charge is 0.315 e. The van der Waals surface area contributed by atoms with Crippen molar-refractivity contribution in [3.8, 4) is 0 Å². The van der Waals surface area contributed by atoms with Gasteiger partial charge in [-0.05, 0) is 51.9 Å². The van der Waals surface area contributed by atoms with Crippen molar-refractivity contribution in [2.45, 2.75) is 19.3 Å². The van der Waals surface area contributed by atoms with E-state index in [9.17, 15) is 8.42 Å². The molecule has 0 radical (unpaired) electrons. The second kappa shape index (κ2) is 7.17. The van der Waals surface area contributed by atoms with Crippen LogP contribution in [0.5, 0.6) is 0 Å². The van der Waals surface area contributed by atoms with Crippen LogP contribution in [0.15, 0.2) is 0 Å². The number of piperidine rings is 1. The molecular formula is C13H28N4O2S. The summed E-state index contributed by atoms with van der Waals surface area (Å²) in [5.41, 5.74) is 0. The van der Waals surface area contributed by atoms with Crippen molar-refractivity contribution in [3.63, 3.8) is 0 Å². The molecule has 0 saturated carbocycles. The monoisotopic (exact) mass is 304 g/mol. The quantitative estimate of drug-likeness (QED) is 0.781. The summed E-state index contributed by atoms with van der Waals surface area (Å²) < 4.78 is 28.4. The molecule has 2 heterocycles. The van der Waals surface area contributed by atoms with Crippen LogP contribution >= 0.6 is 0 Å². The molecule has 2 aliphatic rings. The molecule has 0 aromatic carbocycles. The predicted molar refractivity (Wildman–Crippen MR) is 80.8 cm³/mol. The highest BCUT2D eigenvalue weighted by molar-refractivity contribution is 7.86. The van der Waals surface area contributed by atoms with Crippen LogP contribution in [0.1, 0.15) is 19.3 Å². The fraction of sp³-hybridized carbons (Fsp3) is 1.00. The van der Waals surface area contributed by atoms with Crippen LogP contribution in [0.4, 0.5) is 0 Å². The highest BCUT2D eigenvalue weighted by Gasteiger charge is 2.29. The van der Waals surface area contributed by atoms with E-state index in [1.54, 1.807) is 15.7 Å². The van der Waals surface area contributed by atoms with Gasteiger partial charge in [0.2, 0.25) is 0 Å². The zero-order chi connectivity index (χ0) is 14.6. The molecule has 6 nitrogen and oxygen atoms in total. The molecule has 20 heavy (non-hydrogen) atoms. The minimum Gasteiger partial charge on any atom is -0.315 e. The van der Waals surface area contributed by atoms with Gasteiger partial charge in [-0.2, -0.15) is 17.0 Å². The van der Waals surface area contributed by atoms with Crippen LogP contribution in [0.25, 0.3) is 0 Å². The summed E-state index contributed by atoms with van der Waals surface area (Å²) in [4.78, 5) is 2.31. The smallest absolute Gasteiger partial charge is 0.281 e. The maximum atomic E-state index is 12.6. The van der Waals surface area contributed by atoms with Gasteiger partial charge in [0, 0.05) is 33.2 Å². The van der Waals surface area contributed by atoms with Gasteiger partial charge in [0.05, 0.1) is 0 Å². The first-order valence-electron chi connectivity index (χ1n) is 7.61. The van der Waals surface area contributed by atoms with Crippen molar-refractivity contribution >= 4 is 10.2 Å². The normalized spacial score (nSPS) is 24.9. The van der Waals surface area contributed by atoms with E-state index in [-0.39, 0.29) is 0 Å². The van der Waals surface area contributed by atoms with E-state index in [4.69, 9.17) is 0 Å². The number of nitrogens with zero attached hydrogens (tertiary/aromatic N) is 3. The lowest BCUT2D eigenvalue weighted by Crippen LogP contribution is -2.46. The number of nitrogens with one attached hydrogen (secondary N) is 1. The van der Waals surface area contributed by atoms with Crippen LogP contribution in [-0.4, -0.2) is 81.8 Å². The third-order valence-corrected chi connectivity index (χ3v) is 6.33. The number of hydrogen-bond acceptors (Lipinski definition) is 4. The van der Waals surface area contributed by atoms with E-state index in [1.807, 2.05) is 0 Å². The Morgan fingerprint density at radius 1 is 1.15 bits per heavy atom. The summed E-state index contributed by atoms with van der Waals surface area (Å²) >= 11 is 0. The maximum absolute atomic E-state index is 12.6. The Bertz CT molecular complexity index is 385. The van der Waals surface area contributed by atoms with E-state index in [1.165, 1.54) is 0 Å². The van der Waals surface area contributed by atoms with E-state index in [2.05, 4.69) is 17.3 Å². The van der Waals surface area contributed by atoms with E-state index < -0.39 is 10.2 Å². The number of likely N-dealkylation sites (tertiary alicyclic amines) is 1. The maximum Gasteiger partial charge on any atom is 0.281 e. The Kier molecular flexibility index (Phi) is 5.80. The van der Waals surface area contributed by atoms with E-state index in [0.717, 1.165) is 45.4 Å². The van der Waals surface area contributed by atoms with Crippen molar-refractivity contribution in [1.29, 1.82) is 0 Å². The fourth-order valence-electron chi connectivity index (χ4n) is 2.95. The molecule has 0 aromatic rings. The third kappa shape index (κ3) is 4.14. The molecule has 2 fully saturated rings. The highest BCUT2D eigenvalue weighted by atomic mass is 32.2. The standard InChI is InChI=1S/C13H28N4O2S/c1-15-9-4-13(5-10-15)12-16(2)20(18,19)17-8-3-6-14-7-11-17/h13-14H,3-12H2,1-2H3. The summed E-state index contributed by atoms with van der Waals surface area (Å²) in [7, 11) is 0.569. The van der Waals surface area contributed by atoms with Gasteiger partial charge in [0.15, 0.2) is 0 Å². The van der Waals surface area contributed by atoms with E-state index in [0.29, 0.717) is 25.6 Å². The van der Waals surface area contributed by atoms with Gasteiger partial charge < -0.3 is 10.2 Å². The second-order valence-electron chi connectivity index (χ2n) is 6.04. The Hall–Kier alpha value is -0.210. The summed E-state index contributed by atoms with van der Waals surface area (Å²) in [5, 5.41) is 3.24. The summed E-state index contributed by atoms with van der Waals surface area (Å²) in [6.45, 7) is 5.68. The van der Waals surface area contributed by atoms with Gasteiger partial charge >= 0.3 is 0 Å². The van der Waals surface area contributed by atoms with Crippen LogP contribution in [0.2, 0.25) is 0 Å². The van der Waals surface area contributed by atoms with Crippen molar-refractivity contribution < 1.29 is 8.42 Å². The van der Waals surface area contributed by atoms with Crippen molar-refractivity contribution in [3.05, 3.63) is 0 Å². The van der Waals surface area contributed by atoms with Crippen LogP contribution in [0, 0.1) is 5.92 Å². The van der Waals surface area contributed by atoms with Gasteiger partial charge in [-0.15, -0.1) is 0 Å². The van der Waals surface area contributed by atoms with Crippen LogP contribution in [0.3, 0.4) is 0 Å². The average molecular weight is 304 g/mol. The molecule has 7 heteroatoms. The summed E-state index contributed by atoms with van der Waals surface area (Å²) in [6.07, 6.45) is 3.08. The molecule has 2 saturated heterocycles. The molecule has 0 aromatic heterocycles. The summed E-state index contributed by atoms with van der Waals surface area (Å²) in [5.74, 6) is 0.496. The Morgan fingerprint density at radius 3 is 2.55 bits per heavy atom. The minimum atomic E-state index is -3.29. The molecule has 0 aliphatic carbocycles. The second-order valence-corrected chi connectivity index (χ2v) is 8.07. The zero-order valence-electron chi connectivity index (χ0n) is 12.7. The molecule has 2 rings (SSSR count).